The Balaban J connectivity index is 1.45. The second-order valence-electron chi connectivity index (χ2n) is 5.86. The van der Waals surface area contributed by atoms with Gasteiger partial charge < -0.3 is 20.1 Å². The molecule has 1 fully saturated rings. The summed E-state index contributed by atoms with van der Waals surface area (Å²) < 4.78 is 33.7. The zero-order valence-electron chi connectivity index (χ0n) is 14.4. The van der Waals surface area contributed by atoms with Gasteiger partial charge in [-0.15, -0.1) is 5.10 Å². The van der Waals surface area contributed by atoms with Gasteiger partial charge in [0, 0.05) is 6.04 Å². The molecule has 0 radical (unpaired) electrons. The summed E-state index contributed by atoms with van der Waals surface area (Å²) in [4.78, 5) is 4.29. The van der Waals surface area contributed by atoms with Crippen molar-refractivity contribution in [2.45, 2.75) is 12.5 Å². The first-order chi connectivity index (χ1) is 12.5. The van der Waals surface area contributed by atoms with Gasteiger partial charge in [0.25, 0.3) is 0 Å². The summed E-state index contributed by atoms with van der Waals surface area (Å²) in [6, 6.07) is 7.16. The van der Waals surface area contributed by atoms with E-state index in [2.05, 4.69) is 25.8 Å². The Bertz CT molecular complexity index is 829. The molecule has 0 saturated carbocycles. The lowest BCUT2D eigenvalue weighted by Crippen LogP contribution is -2.22. The molecule has 0 aliphatic carbocycles. The third-order valence-corrected chi connectivity index (χ3v) is 5.63. The van der Waals surface area contributed by atoms with Crippen LogP contribution < -0.4 is 20.1 Å². The topological polar surface area (TPSA) is 115 Å². The first-order valence-electron chi connectivity index (χ1n) is 8.21. The molecule has 10 heteroatoms. The second kappa shape index (κ2) is 8.17. The quantitative estimate of drug-likeness (QED) is 0.647. The zero-order valence-corrected chi connectivity index (χ0v) is 15.2. The van der Waals surface area contributed by atoms with E-state index >= 15 is 0 Å². The minimum atomic E-state index is -2.95. The molecule has 0 spiro atoms. The Morgan fingerprint density at radius 3 is 2.69 bits per heavy atom. The molecule has 2 aromatic rings. The van der Waals surface area contributed by atoms with Gasteiger partial charge in [-0.1, -0.05) is 0 Å². The highest BCUT2D eigenvalue weighted by Crippen LogP contribution is 2.17. The van der Waals surface area contributed by atoms with Crippen molar-refractivity contribution >= 4 is 21.6 Å². The highest BCUT2D eigenvalue weighted by Gasteiger charge is 2.28. The molecule has 1 atom stereocenters. The number of rotatable bonds is 8. The number of nitrogens with zero attached hydrogens (tertiary/aromatic N) is 3. The van der Waals surface area contributed by atoms with E-state index < -0.39 is 9.84 Å². The van der Waals surface area contributed by atoms with Crippen LogP contribution in [0.25, 0.3) is 0 Å². The molecule has 9 nitrogen and oxygen atoms in total. The lowest BCUT2D eigenvalue weighted by Gasteiger charge is -2.11. The smallest absolute Gasteiger partial charge is 0.244 e. The molecule has 1 aromatic heterocycles. The molecule has 26 heavy (non-hydrogen) atoms. The highest BCUT2D eigenvalue weighted by molar-refractivity contribution is 7.91. The third kappa shape index (κ3) is 5.19. The minimum absolute atomic E-state index is 0.101. The molecular weight excluding hydrogens is 358 g/mol. The average Bonchev–Trinajstić information content (AvgIpc) is 2.98. The van der Waals surface area contributed by atoms with E-state index in [9.17, 15) is 8.42 Å². The molecule has 2 heterocycles. The van der Waals surface area contributed by atoms with E-state index in [0.717, 1.165) is 11.5 Å². The Kier molecular flexibility index (Phi) is 5.71. The van der Waals surface area contributed by atoms with E-state index in [-0.39, 0.29) is 17.5 Å². The average molecular weight is 379 g/mol. The molecular formula is C16H21N5O4S. The Hall–Kier alpha value is -2.62. The number of sulfone groups is 1. The predicted molar refractivity (Wildman–Crippen MR) is 97.5 cm³/mol. The summed E-state index contributed by atoms with van der Waals surface area (Å²) >= 11 is 0. The van der Waals surface area contributed by atoms with Gasteiger partial charge in [0.05, 0.1) is 31.4 Å². The van der Waals surface area contributed by atoms with Gasteiger partial charge in [-0.25, -0.2) is 8.42 Å². The summed E-state index contributed by atoms with van der Waals surface area (Å²) in [7, 11) is -1.34. The number of aromatic nitrogens is 3. The fraction of sp³-hybridized carbons (Fsp3) is 0.438. The second-order valence-corrected chi connectivity index (χ2v) is 8.09. The van der Waals surface area contributed by atoms with Crippen LogP contribution in [0.2, 0.25) is 0 Å². The summed E-state index contributed by atoms with van der Waals surface area (Å²) in [6.45, 7) is 0.974. The highest BCUT2D eigenvalue weighted by atomic mass is 32.2. The number of anilines is 2. The third-order valence-electron chi connectivity index (χ3n) is 3.86. The number of nitrogens with one attached hydrogen (secondary N) is 2. The van der Waals surface area contributed by atoms with Gasteiger partial charge in [0.1, 0.15) is 18.1 Å². The van der Waals surface area contributed by atoms with Crippen LogP contribution >= 0.6 is 0 Å². The van der Waals surface area contributed by atoms with Crippen molar-refractivity contribution in [2.24, 2.45) is 0 Å². The molecule has 0 bridgehead atoms. The summed E-state index contributed by atoms with van der Waals surface area (Å²) in [5.41, 5.74) is 0. The Labute approximate surface area is 152 Å². The lowest BCUT2D eigenvalue weighted by atomic mass is 10.3. The van der Waals surface area contributed by atoms with Crippen LogP contribution in [0.3, 0.4) is 0 Å². The zero-order chi connectivity index (χ0) is 18.4. The molecule has 1 saturated heterocycles. The van der Waals surface area contributed by atoms with E-state index in [1.807, 2.05) is 24.3 Å². The first-order valence-corrected chi connectivity index (χ1v) is 10.0. The van der Waals surface area contributed by atoms with Crippen LogP contribution in [0, 0.1) is 0 Å². The van der Waals surface area contributed by atoms with Crippen LogP contribution in [0.15, 0.2) is 30.5 Å². The number of ether oxygens (including phenoxy) is 2. The van der Waals surface area contributed by atoms with E-state index in [1.54, 1.807) is 7.11 Å². The fourth-order valence-corrected chi connectivity index (χ4v) is 4.23. The largest absolute Gasteiger partial charge is 0.497 e. The van der Waals surface area contributed by atoms with Crippen molar-refractivity contribution in [3.05, 3.63) is 30.5 Å². The molecule has 3 rings (SSSR count). The maximum Gasteiger partial charge on any atom is 0.244 e. The predicted octanol–water partition coefficient (Wildman–Crippen LogP) is 0.970. The molecule has 1 unspecified atom stereocenters. The Morgan fingerprint density at radius 1 is 1.23 bits per heavy atom. The number of hydrogen-bond acceptors (Lipinski definition) is 9. The van der Waals surface area contributed by atoms with Crippen molar-refractivity contribution < 1.29 is 17.9 Å². The maximum atomic E-state index is 11.5. The van der Waals surface area contributed by atoms with Crippen molar-refractivity contribution in [3.8, 4) is 11.5 Å². The van der Waals surface area contributed by atoms with Gasteiger partial charge in [0.2, 0.25) is 5.95 Å². The van der Waals surface area contributed by atoms with Crippen LogP contribution in [-0.2, 0) is 9.84 Å². The van der Waals surface area contributed by atoms with E-state index in [0.29, 0.717) is 31.3 Å². The van der Waals surface area contributed by atoms with Crippen LogP contribution in [0.4, 0.5) is 11.8 Å². The summed E-state index contributed by atoms with van der Waals surface area (Å²) in [6.07, 6.45) is 2.06. The van der Waals surface area contributed by atoms with Crippen LogP contribution in [-0.4, -0.2) is 61.4 Å². The van der Waals surface area contributed by atoms with Gasteiger partial charge in [-0.05, 0) is 30.7 Å². The molecule has 0 amide bonds. The van der Waals surface area contributed by atoms with Crippen molar-refractivity contribution in [1.82, 2.24) is 15.2 Å². The van der Waals surface area contributed by atoms with E-state index in [1.165, 1.54) is 6.20 Å². The number of methoxy groups -OCH3 is 1. The lowest BCUT2D eigenvalue weighted by molar-refractivity contribution is 0.331. The van der Waals surface area contributed by atoms with Gasteiger partial charge in [-0.3, -0.25) is 0 Å². The monoisotopic (exact) mass is 379 g/mol. The van der Waals surface area contributed by atoms with Gasteiger partial charge in [0.15, 0.2) is 15.7 Å². The van der Waals surface area contributed by atoms with Crippen molar-refractivity contribution in [2.75, 3.05) is 42.4 Å². The van der Waals surface area contributed by atoms with Crippen molar-refractivity contribution in [3.63, 3.8) is 0 Å². The molecule has 140 valence electrons. The standard InChI is InChI=1S/C16H21N5O4S/c1-24-13-2-4-14(5-3-13)25-8-7-17-15-10-18-21-16(20-15)19-12-6-9-26(22,23)11-12/h2-5,10,12H,6-9,11H2,1H3,(H2,17,19,20,21). The molecule has 1 aliphatic heterocycles. The normalized spacial score (nSPS) is 18.3. The van der Waals surface area contributed by atoms with Crippen LogP contribution in [0.1, 0.15) is 6.42 Å². The summed E-state index contributed by atoms with van der Waals surface area (Å²) in [5, 5.41) is 13.9. The van der Waals surface area contributed by atoms with Crippen LogP contribution in [0.5, 0.6) is 11.5 Å². The number of benzene rings is 1. The van der Waals surface area contributed by atoms with Crippen molar-refractivity contribution in [1.29, 1.82) is 0 Å². The van der Waals surface area contributed by atoms with Gasteiger partial charge >= 0.3 is 0 Å². The first kappa shape index (κ1) is 18.2. The molecule has 1 aliphatic rings. The number of hydrogen-bond donors (Lipinski definition) is 2. The SMILES string of the molecule is COc1ccc(OCCNc2cnnc(NC3CCS(=O)(=O)C3)n2)cc1. The molecule has 1 aromatic carbocycles. The van der Waals surface area contributed by atoms with E-state index in [4.69, 9.17) is 9.47 Å². The maximum absolute atomic E-state index is 11.5. The Morgan fingerprint density at radius 2 is 2.00 bits per heavy atom. The minimum Gasteiger partial charge on any atom is -0.497 e. The van der Waals surface area contributed by atoms with Gasteiger partial charge in [-0.2, -0.15) is 10.1 Å². The summed E-state index contributed by atoms with van der Waals surface area (Å²) in [5.74, 6) is 2.67. The molecule has 2 N–H and O–H groups in total. The fourth-order valence-electron chi connectivity index (χ4n) is 2.56.